The summed E-state index contributed by atoms with van der Waals surface area (Å²) in [6, 6.07) is 82.6. The number of hydrogen-bond donors (Lipinski definition) is 0. The van der Waals surface area contributed by atoms with E-state index < -0.39 is 5.41 Å². The maximum absolute atomic E-state index is 6.85. The van der Waals surface area contributed by atoms with Gasteiger partial charge in [-0.15, -0.1) is 11.3 Å². The van der Waals surface area contributed by atoms with E-state index >= 15 is 0 Å². The van der Waals surface area contributed by atoms with Crippen molar-refractivity contribution in [2.24, 2.45) is 0 Å². The number of thiophene rings is 1. The SMILES string of the molecule is CC(C)(C)c1cc2c3c(c1)N(c1ccc4ccccc4c1)c1cc4c(cc1B3c1cc3c(cc1N2c1ccc2ccccc2c1)-c1ccccc1C31c2ccccc2Oc2ccccc21)sc1ccccc14. The van der Waals surface area contributed by atoms with Crippen molar-refractivity contribution in [3.63, 3.8) is 0 Å². The Morgan fingerprint density at radius 2 is 0.958 bits per heavy atom. The second-order valence-corrected chi connectivity index (χ2v) is 22.3. The zero-order valence-corrected chi connectivity index (χ0v) is 40.9. The zero-order chi connectivity index (χ0) is 47.6. The molecule has 5 heteroatoms. The van der Waals surface area contributed by atoms with Crippen LogP contribution in [0.4, 0.5) is 34.1 Å². The van der Waals surface area contributed by atoms with Gasteiger partial charge in [-0.1, -0.05) is 166 Å². The fraction of sp³-hybridized carbons (Fsp3) is 0.0746. The van der Waals surface area contributed by atoms with Crippen molar-refractivity contribution in [2.45, 2.75) is 31.6 Å². The van der Waals surface area contributed by atoms with Gasteiger partial charge < -0.3 is 14.5 Å². The summed E-state index contributed by atoms with van der Waals surface area (Å²) in [7, 11) is 0. The molecule has 11 aromatic carbocycles. The lowest BCUT2D eigenvalue weighted by atomic mass is 9.33. The van der Waals surface area contributed by atoms with Gasteiger partial charge in [-0.2, -0.15) is 0 Å². The molecule has 3 nitrogen and oxygen atoms in total. The minimum atomic E-state index is -0.622. The van der Waals surface area contributed by atoms with Crippen molar-refractivity contribution in [3.8, 4) is 22.6 Å². The highest BCUT2D eigenvalue weighted by Crippen LogP contribution is 2.63. The van der Waals surface area contributed by atoms with E-state index in [0.29, 0.717) is 0 Å². The maximum Gasteiger partial charge on any atom is 0.252 e. The molecule has 12 aromatic rings. The Morgan fingerprint density at radius 1 is 0.417 bits per heavy atom. The van der Waals surface area contributed by atoms with Crippen molar-refractivity contribution >= 4 is 110 Å². The first-order valence-electron chi connectivity index (χ1n) is 25.2. The topological polar surface area (TPSA) is 15.7 Å². The fourth-order valence-electron chi connectivity index (χ4n) is 13.2. The number of anilines is 6. The molecule has 0 saturated carbocycles. The first-order chi connectivity index (χ1) is 35.3. The third-order valence-corrected chi connectivity index (χ3v) is 17.5. The summed E-state index contributed by atoms with van der Waals surface area (Å²) in [5, 5.41) is 7.50. The van der Waals surface area contributed by atoms with Crippen LogP contribution in [0.1, 0.15) is 48.6 Å². The Bertz CT molecular complexity index is 4310. The van der Waals surface area contributed by atoms with Gasteiger partial charge in [0.2, 0.25) is 0 Å². The van der Waals surface area contributed by atoms with E-state index in [1.807, 2.05) is 11.3 Å². The number of benzene rings is 11. The van der Waals surface area contributed by atoms with E-state index in [9.17, 15) is 0 Å². The van der Waals surface area contributed by atoms with Gasteiger partial charge >= 0.3 is 0 Å². The predicted octanol–water partition coefficient (Wildman–Crippen LogP) is 16.2. The van der Waals surface area contributed by atoms with Gasteiger partial charge in [0.15, 0.2) is 0 Å². The second-order valence-electron chi connectivity index (χ2n) is 21.2. The smallest absolute Gasteiger partial charge is 0.252 e. The van der Waals surface area contributed by atoms with Crippen molar-refractivity contribution in [2.75, 3.05) is 9.80 Å². The second kappa shape index (κ2) is 14.4. The molecule has 0 saturated heterocycles. The van der Waals surface area contributed by atoms with Gasteiger partial charge in [0, 0.05) is 65.4 Å². The van der Waals surface area contributed by atoms with Crippen LogP contribution in [0.2, 0.25) is 0 Å². The summed E-state index contributed by atoms with van der Waals surface area (Å²) < 4.78 is 9.46. The molecule has 0 atom stereocenters. The van der Waals surface area contributed by atoms with E-state index in [4.69, 9.17) is 4.74 Å². The average molecular weight is 937 g/mol. The predicted molar refractivity (Wildman–Crippen MR) is 304 cm³/mol. The standard InChI is InChI=1S/C67H45BN2OS/c1-66(2,3)44-34-59-65-60(35-44)70(46-31-29-41-17-5-7-19-43(41)33-46)58-37-50-48-21-9-15-27-63(48)72-64(50)39-56(58)68(65)55-38-54-49(36-57(55)69(59)45-30-28-40-16-4-6-18-42(40)32-45)47-20-8-10-22-51(47)67(54)52-23-11-13-25-61(52)71-62-26-14-12-24-53(62)67/h4-39H,1-3H3. The molecule has 0 amide bonds. The summed E-state index contributed by atoms with van der Waals surface area (Å²) in [4.78, 5) is 5.23. The van der Waals surface area contributed by atoms with Crippen molar-refractivity contribution in [3.05, 3.63) is 246 Å². The van der Waals surface area contributed by atoms with Crippen LogP contribution in [-0.4, -0.2) is 6.71 Å². The summed E-state index contributed by atoms with van der Waals surface area (Å²) >= 11 is 1.91. The molecule has 1 aliphatic carbocycles. The number of nitrogens with zero attached hydrogens (tertiary/aromatic N) is 2. The summed E-state index contributed by atoms with van der Waals surface area (Å²) in [5.41, 5.74) is 19.1. The Hall–Kier alpha value is -8.38. The van der Waals surface area contributed by atoms with E-state index in [-0.39, 0.29) is 12.1 Å². The van der Waals surface area contributed by atoms with Gasteiger partial charge in [-0.3, -0.25) is 0 Å². The Morgan fingerprint density at radius 3 is 1.61 bits per heavy atom. The van der Waals surface area contributed by atoms with Gasteiger partial charge in [-0.25, -0.2) is 0 Å². The highest BCUT2D eigenvalue weighted by Gasteiger charge is 2.53. The minimum absolute atomic E-state index is 0.103. The molecule has 0 fully saturated rings. The molecular weight excluding hydrogens is 892 g/mol. The van der Waals surface area contributed by atoms with Crippen LogP contribution in [0.5, 0.6) is 11.5 Å². The lowest BCUT2D eigenvalue weighted by Crippen LogP contribution is -2.61. The molecule has 4 heterocycles. The van der Waals surface area contributed by atoms with Crippen molar-refractivity contribution in [1.29, 1.82) is 0 Å². The highest BCUT2D eigenvalue weighted by atomic mass is 32.1. The van der Waals surface area contributed by atoms with Crippen LogP contribution < -0.4 is 30.9 Å². The minimum Gasteiger partial charge on any atom is -0.457 e. The Balaban J connectivity index is 1.08. The maximum atomic E-state index is 6.85. The normalized spacial score (nSPS) is 14.5. The number of rotatable bonds is 2. The molecule has 3 aliphatic heterocycles. The molecule has 1 spiro atoms. The first kappa shape index (κ1) is 40.4. The number of hydrogen-bond acceptors (Lipinski definition) is 4. The third-order valence-electron chi connectivity index (χ3n) is 16.4. The number of ether oxygens (including phenoxy) is 1. The molecule has 0 N–H and O–H groups in total. The zero-order valence-electron chi connectivity index (χ0n) is 40.1. The van der Waals surface area contributed by atoms with Crippen LogP contribution in [-0.2, 0) is 10.8 Å². The summed E-state index contributed by atoms with van der Waals surface area (Å²) in [6.45, 7) is 6.98. The summed E-state index contributed by atoms with van der Waals surface area (Å²) in [5.74, 6) is 1.80. The largest absolute Gasteiger partial charge is 0.457 e. The van der Waals surface area contributed by atoms with Crippen molar-refractivity contribution < 1.29 is 4.74 Å². The Kier molecular flexibility index (Phi) is 8.06. The van der Waals surface area contributed by atoms with Gasteiger partial charge in [0.25, 0.3) is 6.71 Å². The lowest BCUT2D eigenvalue weighted by molar-refractivity contribution is 0.436. The molecule has 0 unspecified atom stereocenters. The molecular formula is C67H45BN2OS. The quantitative estimate of drug-likeness (QED) is 0.161. The molecule has 338 valence electrons. The lowest BCUT2D eigenvalue weighted by Gasteiger charge is -2.46. The van der Waals surface area contributed by atoms with Crippen LogP contribution in [0.15, 0.2) is 218 Å². The molecule has 16 rings (SSSR count). The third kappa shape index (κ3) is 5.36. The molecule has 4 aliphatic rings. The van der Waals surface area contributed by atoms with E-state index in [0.717, 1.165) is 22.9 Å². The van der Waals surface area contributed by atoms with Gasteiger partial charge in [0.1, 0.15) is 11.5 Å². The average Bonchev–Trinajstić information content (AvgIpc) is 3.92. The number of para-hydroxylation sites is 2. The number of fused-ring (bicyclic) bond motifs is 18. The monoisotopic (exact) mass is 936 g/mol. The van der Waals surface area contributed by atoms with Crippen LogP contribution in [0, 0.1) is 0 Å². The highest BCUT2D eigenvalue weighted by molar-refractivity contribution is 7.26. The van der Waals surface area contributed by atoms with Crippen LogP contribution >= 0.6 is 11.3 Å². The Labute approximate surface area is 422 Å². The fourth-order valence-corrected chi connectivity index (χ4v) is 14.3. The molecule has 1 aromatic heterocycles. The molecule has 0 bridgehead atoms. The van der Waals surface area contributed by atoms with Crippen molar-refractivity contribution in [1.82, 2.24) is 0 Å². The van der Waals surface area contributed by atoms with E-state index in [1.165, 1.54) is 120 Å². The van der Waals surface area contributed by atoms with E-state index in [1.54, 1.807) is 0 Å². The van der Waals surface area contributed by atoms with Gasteiger partial charge in [0.05, 0.1) is 5.41 Å². The molecule has 72 heavy (non-hydrogen) atoms. The first-order valence-corrected chi connectivity index (χ1v) is 26.0. The molecule has 0 radical (unpaired) electrons. The van der Waals surface area contributed by atoms with Crippen LogP contribution in [0.25, 0.3) is 52.8 Å². The van der Waals surface area contributed by atoms with E-state index in [2.05, 4.69) is 249 Å². The summed E-state index contributed by atoms with van der Waals surface area (Å²) in [6.07, 6.45) is 0. The van der Waals surface area contributed by atoms with Gasteiger partial charge in [-0.05, 0) is 144 Å². The van der Waals surface area contributed by atoms with Crippen LogP contribution in [0.3, 0.4) is 0 Å².